The monoisotopic (exact) mass is 381 g/mol. The number of fused-ring (bicyclic) bond motifs is 1. The number of nitrogens with one attached hydrogen (secondary N) is 1. The Balaban J connectivity index is 1.83. The summed E-state index contributed by atoms with van der Waals surface area (Å²) in [5.41, 5.74) is 1.74. The van der Waals surface area contributed by atoms with E-state index in [0.717, 1.165) is 5.56 Å². The lowest BCUT2D eigenvalue weighted by atomic mass is 10.1. The number of furan rings is 1. The number of amides is 1. The van der Waals surface area contributed by atoms with Gasteiger partial charge in [-0.2, -0.15) is 0 Å². The molecular weight excluding hydrogens is 358 g/mol. The zero-order valence-corrected chi connectivity index (χ0v) is 16.2. The fraction of sp³-hybridized carbons (Fsp3) is 0.273. The molecule has 0 atom stereocenters. The van der Waals surface area contributed by atoms with E-state index in [1.165, 1.54) is 6.92 Å². The number of benzene rings is 2. The van der Waals surface area contributed by atoms with E-state index in [1.54, 1.807) is 18.2 Å². The molecule has 0 aliphatic rings. The molecule has 0 aliphatic heterocycles. The van der Waals surface area contributed by atoms with Crippen molar-refractivity contribution in [1.82, 2.24) is 0 Å². The van der Waals surface area contributed by atoms with E-state index in [4.69, 9.17) is 13.9 Å². The number of ketones is 1. The van der Waals surface area contributed by atoms with Crippen molar-refractivity contribution in [3.8, 4) is 11.5 Å². The Hall–Kier alpha value is -3.28. The third kappa shape index (κ3) is 4.17. The summed E-state index contributed by atoms with van der Waals surface area (Å²) in [5.74, 6) is 0.907. The van der Waals surface area contributed by atoms with Crippen LogP contribution in [0.25, 0.3) is 11.0 Å². The first kappa shape index (κ1) is 19.5. The van der Waals surface area contributed by atoms with Crippen molar-refractivity contribution >= 4 is 28.3 Å². The molecule has 3 aromatic rings. The minimum absolute atomic E-state index is 0.128. The van der Waals surface area contributed by atoms with Gasteiger partial charge in [-0.15, -0.1) is 0 Å². The third-order valence-corrected chi connectivity index (χ3v) is 4.15. The third-order valence-electron chi connectivity index (χ3n) is 4.15. The second kappa shape index (κ2) is 8.61. The summed E-state index contributed by atoms with van der Waals surface area (Å²) < 4.78 is 16.8. The van der Waals surface area contributed by atoms with E-state index in [1.807, 2.05) is 38.1 Å². The SMILES string of the molecule is CCOc1ccc(CC(=O)Nc2c(C(C)=O)oc3ccccc23)cc1OCC. The average Bonchev–Trinajstić information content (AvgIpc) is 3.03. The highest BCUT2D eigenvalue weighted by atomic mass is 16.5. The van der Waals surface area contributed by atoms with Crippen LogP contribution >= 0.6 is 0 Å². The van der Waals surface area contributed by atoms with Crippen molar-refractivity contribution < 1.29 is 23.5 Å². The lowest BCUT2D eigenvalue weighted by Gasteiger charge is -2.12. The van der Waals surface area contributed by atoms with Gasteiger partial charge in [-0.3, -0.25) is 9.59 Å². The molecule has 0 bridgehead atoms. The van der Waals surface area contributed by atoms with Crippen LogP contribution in [-0.2, 0) is 11.2 Å². The molecule has 0 unspecified atom stereocenters. The van der Waals surface area contributed by atoms with Crippen LogP contribution in [0.1, 0.15) is 36.9 Å². The van der Waals surface area contributed by atoms with Crippen LogP contribution in [0.3, 0.4) is 0 Å². The van der Waals surface area contributed by atoms with Crippen LogP contribution in [-0.4, -0.2) is 24.9 Å². The maximum Gasteiger partial charge on any atom is 0.228 e. The predicted octanol–water partition coefficient (Wildman–Crippen LogP) is 4.61. The Morgan fingerprint density at radius 3 is 2.43 bits per heavy atom. The lowest BCUT2D eigenvalue weighted by Crippen LogP contribution is -2.16. The van der Waals surface area contributed by atoms with E-state index in [0.29, 0.717) is 41.4 Å². The van der Waals surface area contributed by atoms with Crippen molar-refractivity contribution in [2.45, 2.75) is 27.2 Å². The topological polar surface area (TPSA) is 77.8 Å². The fourth-order valence-electron chi connectivity index (χ4n) is 2.99. The Morgan fingerprint density at radius 2 is 1.71 bits per heavy atom. The Kier molecular flexibility index (Phi) is 5.99. The molecule has 1 N–H and O–H groups in total. The summed E-state index contributed by atoms with van der Waals surface area (Å²) in [4.78, 5) is 24.6. The molecule has 2 aromatic carbocycles. The summed E-state index contributed by atoms with van der Waals surface area (Å²) in [6, 6.07) is 12.6. The van der Waals surface area contributed by atoms with Crippen LogP contribution in [0.15, 0.2) is 46.9 Å². The van der Waals surface area contributed by atoms with Gasteiger partial charge in [0.05, 0.1) is 25.3 Å². The van der Waals surface area contributed by atoms with Crippen LogP contribution in [0.2, 0.25) is 0 Å². The van der Waals surface area contributed by atoms with Gasteiger partial charge >= 0.3 is 0 Å². The Bertz CT molecular complexity index is 1010. The number of Topliss-reactive ketones (excluding diaryl/α,β-unsaturated/α-hetero) is 1. The summed E-state index contributed by atoms with van der Waals surface area (Å²) in [6.07, 6.45) is 0.128. The molecule has 0 spiro atoms. The molecule has 0 aliphatic carbocycles. The zero-order valence-electron chi connectivity index (χ0n) is 16.2. The standard InChI is InChI=1S/C22H23NO5/c1-4-26-18-11-10-15(12-19(18)27-5-2)13-20(25)23-21-16-8-6-7-9-17(16)28-22(21)14(3)24/h6-12H,4-5,13H2,1-3H3,(H,23,25). The number of ether oxygens (including phenoxy) is 2. The maximum absolute atomic E-state index is 12.6. The first-order valence-electron chi connectivity index (χ1n) is 9.24. The smallest absolute Gasteiger partial charge is 0.228 e. The molecule has 6 nitrogen and oxygen atoms in total. The molecular formula is C22H23NO5. The molecule has 1 heterocycles. The van der Waals surface area contributed by atoms with Crippen molar-refractivity contribution in [2.24, 2.45) is 0 Å². The van der Waals surface area contributed by atoms with Gasteiger partial charge in [-0.05, 0) is 43.7 Å². The molecule has 1 amide bonds. The molecule has 3 rings (SSSR count). The number of para-hydroxylation sites is 1. The van der Waals surface area contributed by atoms with Gasteiger partial charge in [0.1, 0.15) is 5.58 Å². The molecule has 0 fully saturated rings. The van der Waals surface area contributed by atoms with Crippen LogP contribution in [0.5, 0.6) is 11.5 Å². The van der Waals surface area contributed by atoms with Gasteiger partial charge in [0, 0.05) is 12.3 Å². The lowest BCUT2D eigenvalue weighted by molar-refractivity contribution is -0.115. The summed E-state index contributed by atoms with van der Waals surface area (Å²) in [7, 11) is 0. The van der Waals surface area contributed by atoms with E-state index >= 15 is 0 Å². The quantitative estimate of drug-likeness (QED) is 0.576. The van der Waals surface area contributed by atoms with E-state index in [9.17, 15) is 9.59 Å². The Labute approximate surface area is 163 Å². The minimum Gasteiger partial charge on any atom is -0.490 e. The summed E-state index contributed by atoms with van der Waals surface area (Å²) >= 11 is 0. The van der Waals surface area contributed by atoms with Crippen LogP contribution in [0.4, 0.5) is 5.69 Å². The minimum atomic E-state index is -0.249. The molecule has 0 saturated carbocycles. The first-order valence-corrected chi connectivity index (χ1v) is 9.24. The van der Waals surface area contributed by atoms with Crippen molar-refractivity contribution in [3.05, 3.63) is 53.8 Å². The van der Waals surface area contributed by atoms with Gasteiger partial charge in [0.15, 0.2) is 23.0 Å². The number of carbonyl (C=O) groups is 2. The molecule has 146 valence electrons. The predicted molar refractivity (Wildman–Crippen MR) is 107 cm³/mol. The molecule has 1 aromatic heterocycles. The van der Waals surface area contributed by atoms with Crippen molar-refractivity contribution in [1.29, 1.82) is 0 Å². The normalized spacial score (nSPS) is 10.7. The van der Waals surface area contributed by atoms with Gasteiger partial charge in [-0.25, -0.2) is 0 Å². The fourth-order valence-corrected chi connectivity index (χ4v) is 2.99. The van der Waals surface area contributed by atoms with E-state index in [2.05, 4.69) is 5.32 Å². The molecule has 0 saturated heterocycles. The number of hydrogen-bond donors (Lipinski definition) is 1. The van der Waals surface area contributed by atoms with Crippen molar-refractivity contribution in [3.63, 3.8) is 0 Å². The van der Waals surface area contributed by atoms with Gasteiger partial charge in [-0.1, -0.05) is 18.2 Å². The van der Waals surface area contributed by atoms with Gasteiger partial charge in [0.25, 0.3) is 0 Å². The summed E-state index contributed by atoms with van der Waals surface area (Å²) in [6.45, 7) is 6.23. The molecule has 28 heavy (non-hydrogen) atoms. The maximum atomic E-state index is 12.6. The highest BCUT2D eigenvalue weighted by Gasteiger charge is 2.19. The summed E-state index contributed by atoms with van der Waals surface area (Å²) in [5, 5.41) is 3.53. The largest absolute Gasteiger partial charge is 0.490 e. The van der Waals surface area contributed by atoms with Crippen LogP contribution < -0.4 is 14.8 Å². The molecule has 6 heteroatoms. The van der Waals surface area contributed by atoms with E-state index < -0.39 is 0 Å². The highest BCUT2D eigenvalue weighted by molar-refractivity contribution is 6.11. The zero-order chi connectivity index (χ0) is 20.1. The van der Waals surface area contributed by atoms with Gasteiger partial charge < -0.3 is 19.2 Å². The second-order valence-electron chi connectivity index (χ2n) is 6.23. The average molecular weight is 381 g/mol. The number of hydrogen-bond acceptors (Lipinski definition) is 5. The number of anilines is 1. The van der Waals surface area contributed by atoms with Gasteiger partial charge in [0.2, 0.25) is 5.91 Å². The second-order valence-corrected chi connectivity index (χ2v) is 6.23. The first-order chi connectivity index (χ1) is 13.5. The Morgan fingerprint density at radius 1 is 1.00 bits per heavy atom. The number of carbonyl (C=O) groups excluding carboxylic acids is 2. The molecule has 0 radical (unpaired) electrons. The number of rotatable bonds is 8. The van der Waals surface area contributed by atoms with Crippen LogP contribution in [0, 0.1) is 0 Å². The highest BCUT2D eigenvalue weighted by Crippen LogP contribution is 2.32. The van der Waals surface area contributed by atoms with Crippen molar-refractivity contribution in [2.75, 3.05) is 18.5 Å². The van der Waals surface area contributed by atoms with E-state index in [-0.39, 0.29) is 23.9 Å².